The van der Waals surface area contributed by atoms with E-state index in [-0.39, 0.29) is 13.0 Å². The highest BCUT2D eigenvalue weighted by Crippen LogP contribution is 2.17. The lowest BCUT2D eigenvalue weighted by molar-refractivity contribution is -0.141. The van der Waals surface area contributed by atoms with Gasteiger partial charge in [0, 0.05) is 33.0 Å². The normalized spacial score (nSPS) is 22.0. The second kappa shape index (κ2) is 5.87. The van der Waals surface area contributed by atoms with Crippen molar-refractivity contribution in [1.82, 2.24) is 25.0 Å². The zero-order chi connectivity index (χ0) is 14.7. The molecule has 2 rings (SSSR count). The summed E-state index contributed by atoms with van der Waals surface area (Å²) in [7, 11) is 1.80. The van der Waals surface area contributed by atoms with Crippen LogP contribution in [0.3, 0.4) is 0 Å². The van der Waals surface area contributed by atoms with E-state index in [0.29, 0.717) is 13.0 Å². The van der Waals surface area contributed by atoms with E-state index in [9.17, 15) is 14.7 Å². The van der Waals surface area contributed by atoms with Crippen LogP contribution in [-0.2, 0) is 18.3 Å². The Kier molecular flexibility index (Phi) is 4.18. The molecule has 9 heteroatoms. The second-order valence-electron chi connectivity index (χ2n) is 4.74. The standard InChI is InChI=1S/C11H17N5O4/c1-15-6-13-14-9(15)2-3-12-11(20)16-5-7(17)4-8(16)10(18)19/h6-8,17H,2-5H2,1H3,(H,12,20)(H,18,19). The first kappa shape index (κ1) is 14.3. The number of nitrogens with zero attached hydrogens (tertiary/aromatic N) is 4. The van der Waals surface area contributed by atoms with Gasteiger partial charge in [0.05, 0.1) is 6.10 Å². The summed E-state index contributed by atoms with van der Waals surface area (Å²) in [5.74, 6) is -0.383. The van der Waals surface area contributed by atoms with Crippen LogP contribution in [-0.4, -0.2) is 67.1 Å². The van der Waals surface area contributed by atoms with E-state index in [4.69, 9.17) is 5.11 Å². The van der Waals surface area contributed by atoms with Crippen LogP contribution in [0.5, 0.6) is 0 Å². The van der Waals surface area contributed by atoms with Crippen molar-refractivity contribution < 1.29 is 19.8 Å². The highest BCUT2D eigenvalue weighted by atomic mass is 16.4. The second-order valence-corrected chi connectivity index (χ2v) is 4.74. The third-order valence-corrected chi connectivity index (χ3v) is 3.25. The van der Waals surface area contributed by atoms with Gasteiger partial charge in [-0.1, -0.05) is 0 Å². The third-order valence-electron chi connectivity index (χ3n) is 3.25. The predicted molar refractivity (Wildman–Crippen MR) is 66.9 cm³/mol. The smallest absolute Gasteiger partial charge is 0.326 e. The third kappa shape index (κ3) is 3.05. The van der Waals surface area contributed by atoms with Gasteiger partial charge < -0.3 is 25.0 Å². The van der Waals surface area contributed by atoms with Gasteiger partial charge in [-0.3, -0.25) is 0 Å². The number of amides is 2. The summed E-state index contributed by atoms with van der Waals surface area (Å²) < 4.78 is 1.74. The molecule has 1 saturated heterocycles. The average molecular weight is 283 g/mol. The number of carboxylic acid groups (broad SMARTS) is 1. The Hall–Kier alpha value is -2.16. The van der Waals surface area contributed by atoms with E-state index < -0.39 is 24.1 Å². The number of β-amino-alcohol motifs (C(OH)–C–C–N with tert-alkyl or cyclic N) is 1. The number of aryl methyl sites for hydroxylation is 1. The molecule has 0 radical (unpaired) electrons. The van der Waals surface area contributed by atoms with Crippen molar-refractivity contribution in [3.63, 3.8) is 0 Å². The minimum absolute atomic E-state index is 0.0345. The Bertz CT molecular complexity index is 503. The molecule has 1 aliphatic rings. The summed E-state index contributed by atoms with van der Waals surface area (Å²) in [6.45, 7) is 0.358. The van der Waals surface area contributed by atoms with Gasteiger partial charge in [0.1, 0.15) is 18.2 Å². The van der Waals surface area contributed by atoms with Crippen molar-refractivity contribution in [3.05, 3.63) is 12.2 Å². The van der Waals surface area contributed by atoms with Gasteiger partial charge >= 0.3 is 12.0 Å². The number of rotatable bonds is 4. The molecular weight excluding hydrogens is 266 g/mol. The molecule has 3 N–H and O–H groups in total. The lowest BCUT2D eigenvalue weighted by Gasteiger charge is -2.21. The Morgan fingerprint density at radius 3 is 2.90 bits per heavy atom. The minimum Gasteiger partial charge on any atom is -0.480 e. The van der Waals surface area contributed by atoms with Gasteiger partial charge in [-0.05, 0) is 0 Å². The monoisotopic (exact) mass is 283 g/mol. The molecular formula is C11H17N5O4. The molecule has 1 fully saturated rings. The molecule has 0 saturated carbocycles. The molecule has 2 atom stereocenters. The largest absolute Gasteiger partial charge is 0.480 e. The fraction of sp³-hybridized carbons (Fsp3) is 0.636. The van der Waals surface area contributed by atoms with Crippen molar-refractivity contribution in [2.24, 2.45) is 7.05 Å². The summed E-state index contributed by atoms with van der Waals surface area (Å²) in [4.78, 5) is 24.1. The Morgan fingerprint density at radius 2 is 2.30 bits per heavy atom. The quantitative estimate of drug-likeness (QED) is 0.624. The Balaban J connectivity index is 1.85. The van der Waals surface area contributed by atoms with Crippen LogP contribution >= 0.6 is 0 Å². The number of aromatic nitrogens is 3. The van der Waals surface area contributed by atoms with Crippen LogP contribution in [0.2, 0.25) is 0 Å². The van der Waals surface area contributed by atoms with Crippen LogP contribution in [0.25, 0.3) is 0 Å². The maximum absolute atomic E-state index is 11.9. The van der Waals surface area contributed by atoms with E-state index >= 15 is 0 Å². The zero-order valence-electron chi connectivity index (χ0n) is 11.1. The van der Waals surface area contributed by atoms with Gasteiger partial charge in [0.25, 0.3) is 0 Å². The number of aliphatic hydroxyl groups excluding tert-OH is 1. The molecule has 110 valence electrons. The topological polar surface area (TPSA) is 121 Å². The van der Waals surface area contributed by atoms with E-state index in [1.807, 2.05) is 0 Å². The first-order valence-corrected chi connectivity index (χ1v) is 6.27. The van der Waals surface area contributed by atoms with Crippen molar-refractivity contribution >= 4 is 12.0 Å². The van der Waals surface area contributed by atoms with E-state index in [0.717, 1.165) is 10.7 Å². The Morgan fingerprint density at radius 1 is 1.55 bits per heavy atom. The molecule has 20 heavy (non-hydrogen) atoms. The maximum Gasteiger partial charge on any atom is 0.326 e. The zero-order valence-corrected chi connectivity index (χ0v) is 11.1. The molecule has 0 aromatic carbocycles. The van der Waals surface area contributed by atoms with E-state index in [2.05, 4.69) is 15.5 Å². The Labute approximate surface area is 115 Å². The summed E-state index contributed by atoms with van der Waals surface area (Å²) in [5, 5.41) is 28.7. The van der Waals surface area contributed by atoms with Crippen LogP contribution in [0.4, 0.5) is 4.79 Å². The van der Waals surface area contributed by atoms with Gasteiger partial charge in [0.2, 0.25) is 0 Å². The number of nitrogens with one attached hydrogen (secondary N) is 1. The lowest BCUT2D eigenvalue weighted by Crippen LogP contribution is -2.46. The number of hydrogen-bond donors (Lipinski definition) is 3. The average Bonchev–Trinajstić information content (AvgIpc) is 2.96. The summed E-state index contributed by atoms with van der Waals surface area (Å²) >= 11 is 0. The van der Waals surface area contributed by atoms with Crippen LogP contribution in [0, 0.1) is 0 Å². The van der Waals surface area contributed by atoms with Gasteiger partial charge in [-0.15, -0.1) is 10.2 Å². The number of aliphatic carboxylic acids is 1. The van der Waals surface area contributed by atoms with Crippen molar-refractivity contribution in [2.45, 2.75) is 25.0 Å². The number of carbonyl (C=O) groups excluding carboxylic acids is 1. The van der Waals surface area contributed by atoms with Crippen LogP contribution < -0.4 is 5.32 Å². The molecule has 1 aromatic heterocycles. The number of likely N-dealkylation sites (tertiary alicyclic amines) is 1. The lowest BCUT2D eigenvalue weighted by atomic mass is 10.2. The van der Waals surface area contributed by atoms with Crippen molar-refractivity contribution in [3.8, 4) is 0 Å². The molecule has 0 spiro atoms. The number of aliphatic hydroxyl groups is 1. The van der Waals surface area contributed by atoms with Gasteiger partial charge in [-0.2, -0.15) is 0 Å². The first-order valence-electron chi connectivity index (χ1n) is 6.27. The van der Waals surface area contributed by atoms with Crippen molar-refractivity contribution in [1.29, 1.82) is 0 Å². The number of carbonyl (C=O) groups is 2. The van der Waals surface area contributed by atoms with Gasteiger partial charge in [-0.25, -0.2) is 9.59 Å². The molecule has 2 unspecified atom stereocenters. The molecule has 2 heterocycles. The molecule has 9 nitrogen and oxygen atoms in total. The van der Waals surface area contributed by atoms with Crippen molar-refractivity contribution in [2.75, 3.05) is 13.1 Å². The maximum atomic E-state index is 11.9. The first-order chi connectivity index (χ1) is 9.49. The SMILES string of the molecule is Cn1cnnc1CCNC(=O)N1CC(O)CC1C(=O)O. The summed E-state index contributed by atoms with van der Waals surface area (Å²) in [6, 6.07) is -1.46. The highest BCUT2D eigenvalue weighted by Gasteiger charge is 2.38. The summed E-state index contributed by atoms with van der Waals surface area (Å²) in [6.07, 6.45) is 1.33. The molecule has 2 amide bonds. The molecule has 1 aliphatic heterocycles. The highest BCUT2D eigenvalue weighted by molar-refractivity contribution is 5.83. The fourth-order valence-corrected chi connectivity index (χ4v) is 2.19. The number of hydrogen-bond acceptors (Lipinski definition) is 5. The molecule has 0 aliphatic carbocycles. The van der Waals surface area contributed by atoms with Crippen LogP contribution in [0.1, 0.15) is 12.2 Å². The fourth-order valence-electron chi connectivity index (χ4n) is 2.19. The number of urea groups is 1. The molecule has 1 aromatic rings. The van der Waals surface area contributed by atoms with E-state index in [1.165, 1.54) is 0 Å². The van der Waals surface area contributed by atoms with Crippen LogP contribution in [0.15, 0.2) is 6.33 Å². The molecule has 0 bridgehead atoms. The van der Waals surface area contributed by atoms with Gasteiger partial charge in [0.15, 0.2) is 0 Å². The summed E-state index contributed by atoms with van der Waals surface area (Å²) in [5.41, 5.74) is 0. The van der Waals surface area contributed by atoms with E-state index in [1.54, 1.807) is 17.9 Å². The predicted octanol–water partition coefficient (Wildman–Crippen LogP) is -1.41. The number of carboxylic acids is 1. The minimum atomic E-state index is -1.11.